The topological polar surface area (TPSA) is 97.1 Å². The van der Waals surface area contributed by atoms with E-state index in [4.69, 9.17) is 5.84 Å². The molecule has 1 aromatic heterocycles. The number of rotatable bonds is 5. The molecule has 0 aliphatic heterocycles. The van der Waals surface area contributed by atoms with E-state index in [1.165, 1.54) is 12.3 Å². The monoisotopic (exact) mass is 434 g/mol. The highest BCUT2D eigenvalue weighted by Gasteiger charge is 2.20. The third kappa shape index (κ3) is 4.01. The summed E-state index contributed by atoms with van der Waals surface area (Å²) in [5.41, 5.74) is 3.10. The minimum atomic E-state index is -3.75. The van der Waals surface area contributed by atoms with Crippen molar-refractivity contribution >= 4 is 47.7 Å². The zero-order valence-corrected chi connectivity index (χ0v) is 14.7. The average Bonchev–Trinajstić information content (AvgIpc) is 2.46. The van der Waals surface area contributed by atoms with Crippen LogP contribution in [0, 0.1) is 0 Å². The number of nitrogen functional groups attached to an aromatic ring is 1. The second-order valence-electron chi connectivity index (χ2n) is 4.06. The van der Waals surface area contributed by atoms with E-state index in [2.05, 4.69) is 47.0 Å². The van der Waals surface area contributed by atoms with Crippen molar-refractivity contribution in [3.8, 4) is 0 Å². The molecule has 21 heavy (non-hydrogen) atoms. The fraction of sp³-hybridized carbons (Fsp3) is 0.0833. The van der Waals surface area contributed by atoms with Crippen molar-refractivity contribution in [2.24, 2.45) is 5.84 Å². The summed E-state index contributed by atoms with van der Waals surface area (Å²) in [5, 5.41) is 0. The van der Waals surface area contributed by atoms with E-state index < -0.39 is 10.0 Å². The lowest BCUT2D eigenvalue weighted by molar-refractivity contribution is 0.581. The van der Waals surface area contributed by atoms with Gasteiger partial charge >= 0.3 is 0 Å². The highest BCUT2D eigenvalue weighted by molar-refractivity contribution is 9.10. The summed E-state index contributed by atoms with van der Waals surface area (Å²) in [7, 11) is -3.75. The molecule has 0 spiro atoms. The number of halogens is 2. The van der Waals surface area contributed by atoms with Gasteiger partial charge in [0.25, 0.3) is 0 Å². The van der Waals surface area contributed by atoms with E-state index >= 15 is 0 Å². The van der Waals surface area contributed by atoms with E-state index in [1.807, 2.05) is 24.3 Å². The normalized spacial score (nSPS) is 11.4. The Bertz CT molecular complexity index is 753. The van der Waals surface area contributed by atoms with Gasteiger partial charge in [0, 0.05) is 21.7 Å². The van der Waals surface area contributed by atoms with Crippen molar-refractivity contribution in [1.29, 1.82) is 0 Å². The molecule has 2 aromatic rings. The number of hydrazine groups is 1. The molecule has 0 unspecified atom stereocenters. The molecule has 0 saturated carbocycles. The maximum Gasteiger partial charge on any atom is 0.244 e. The molecule has 0 bridgehead atoms. The number of nitrogens with one attached hydrogen (secondary N) is 2. The minimum Gasteiger partial charge on any atom is -0.307 e. The van der Waals surface area contributed by atoms with Crippen LogP contribution in [-0.2, 0) is 16.6 Å². The molecule has 4 N–H and O–H groups in total. The molecule has 0 atom stereocenters. The van der Waals surface area contributed by atoms with E-state index in [0.717, 1.165) is 10.0 Å². The smallest absolute Gasteiger partial charge is 0.244 e. The number of nitrogens with zero attached hydrogens (tertiary/aromatic N) is 1. The fourth-order valence-corrected chi connectivity index (χ4v) is 3.68. The van der Waals surface area contributed by atoms with Crippen LogP contribution in [0.4, 0.5) is 5.82 Å². The predicted octanol–water partition coefficient (Wildman–Crippen LogP) is 2.37. The van der Waals surface area contributed by atoms with Gasteiger partial charge in [-0.05, 0) is 33.6 Å². The Balaban J connectivity index is 2.27. The van der Waals surface area contributed by atoms with Gasteiger partial charge in [-0.15, -0.1) is 0 Å². The van der Waals surface area contributed by atoms with Crippen LogP contribution in [-0.4, -0.2) is 13.4 Å². The number of benzene rings is 1. The maximum absolute atomic E-state index is 12.4. The number of nitrogens with two attached hydrogens (primary N) is 1. The van der Waals surface area contributed by atoms with E-state index in [0.29, 0.717) is 4.47 Å². The van der Waals surface area contributed by atoms with E-state index in [1.54, 1.807) is 0 Å². The van der Waals surface area contributed by atoms with Crippen molar-refractivity contribution in [3.05, 3.63) is 51.0 Å². The van der Waals surface area contributed by atoms with Gasteiger partial charge in [0.2, 0.25) is 10.0 Å². The van der Waals surface area contributed by atoms with Gasteiger partial charge < -0.3 is 5.43 Å². The Morgan fingerprint density at radius 1 is 1.24 bits per heavy atom. The number of aromatic nitrogens is 1. The lowest BCUT2D eigenvalue weighted by Crippen LogP contribution is -2.25. The van der Waals surface area contributed by atoms with Crippen LogP contribution >= 0.6 is 31.9 Å². The van der Waals surface area contributed by atoms with Gasteiger partial charge in [0.1, 0.15) is 4.90 Å². The summed E-state index contributed by atoms with van der Waals surface area (Å²) < 4.78 is 28.6. The van der Waals surface area contributed by atoms with Gasteiger partial charge in [-0.25, -0.2) is 24.0 Å². The molecule has 1 heterocycles. The van der Waals surface area contributed by atoms with Crippen molar-refractivity contribution in [2.75, 3.05) is 5.43 Å². The zero-order chi connectivity index (χ0) is 15.5. The Morgan fingerprint density at radius 2 is 1.95 bits per heavy atom. The second kappa shape index (κ2) is 6.84. The molecule has 0 amide bonds. The van der Waals surface area contributed by atoms with Gasteiger partial charge in [0.15, 0.2) is 5.82 Å². The molecule has 6 nitrogen and oxygen atoms in total. The quantitative estimate of drug-likeness (QED) is 0.494. The molecule has 0 fully saturated rings. The SMILES string of the molecule is NNc1ncc(Br)cc1S(=O)(=O)NCc1ccccc1Br. The number of hydrogen-bond donors (Lipinski definition) is 3. The van der Waals surface area contributed by atoms with Crippen molar-refractivity contribution in [1.82, 2.24) is 9.71 Å². The Kier molecular flexibility index (Phi) is 5.33. The Labute approximate surface area is 139 Å². The summed E-state index contributed by atoms with van der Waals surface area (Å²) in [6.07, 6.45) is 1.46. The van der Waals surface area contributed by atoms with Crippen LogP contribution in [0.3, 0.4) is 0 Å². The lowest BCUT2D eigenvalue weighted by atomic mass is 10.2. The van der Waals surface area contributed by atoms with Crippen LogP contribution in [0.2, 0.25) is 0 Å². The molecule has 9 heteroatoms. The summed E-state index contributed by atoms with van der Waals surface area (Å²) >= 11 is 6.57. The van der Waals surface area contributed by atoms with Gasteiger partial charge in [0.05, 0.1) is 0 Å². The lowest BCUT2D eigenvalue weighted by Gasteiger charge is -2.11. The van der Waals surface area contributed by atoms with Gasteiger partial charge in [-0.2, -0.15) is 0 Å². The Morgan fingerprint density at radius 3 is 2.62 bits per heavy atom. The number of hydrogen-bond acceptors (Lipinski definition) is 5. The van der Waals surface area contributed by atoms with Crippen LogP contribution in [0.25, 0.3) is 0 Å². The van der Waals surface area contributed by atoms with Crippen LogP contribution in [0.1, 0.15) is 5.56 Å². The van der Waals surface area contributed by atoms with Gasteiger partial charge in [-0.1, -0.05) is 34.1 Å². The standard InChI is InChI=1S/C12H12Br2N4O2S/c13-9-5-11(12(18-15)16-7-9)21(19,20)17-6-8-3-1-2-4-10(8)14/h1-5,7,17H,6,15H2,(H,16,18). The van der Waals surface area contributed by atoms with Crippen molar-refractivity contribution in [3.63, 3.8) is 0 Å². The van der Waals surface area contributed by atoms with Crippen LogP contribution in [0.5, 0.6) is 0 Å². The van der Waals surface area contributed by atoms with E-state index in [9.17, 15) is 8.42 Å². The number of anilines is 1. The Hall–Kier alpha value is -1.00. The third-order valence-corrected chi connectivity index (χ3v) is 5.28. The summed E-state index contributed by atoms with van der Waals surface area (Å²) in [4.78, 5) is 3.90. The maximum atomic E-state index is 12.4. The second-order valence-corrected chi connectivity index (χ2v) is 7.57. The van der Waals surface area contributed by atoms with Crippen LogP contribution < -0.4 is 16.0 Å². The molecule has 1 aromatic carbocycles. The first-order chi connectivity index (χ1) is 9.94. The molecule has 112 valence electrons. The summed E-state index contributed by atoms with van der Waals surface area (Å²) in [5.74, 6) is 5.38. The number of sulfonamides is 1. The van der Waals surface area contributed by atoms with Gasteiger partial charge in [-0.3, -0.25) is 0 Å². The molecule has 0 radical (unpaired) electrons. The van der Waals surface area contributed by atoms with Crippen molar-refractivity contribution in [2.45, 2.75) is 11.4 Å². The molecular formula is C12H12Br2N4O2S. The highest BCUT2D eigenvalue weighted by atomic mass is 79.9. The van der Waals surface area contributed by atoms with E-state index in [-0.39, 0.29) is 17.3 Å². The predicted molar refractivity (Wildman–Crippen MR) is 87.9 cm³/mol. The summed E-state index contributed by atoms with van der Waals surface area (Å²) in [6.45, 7) is 0.153. The molecule has 2 rings (SSSR count). The average molecular weight is 436 g/mol. The molecular weight excluding hydrogens is 424 g/mol. The molecule has 0 saturated heterocycles. The zero-order valence-electron chi connectivity index (χ0n) is 10.7. The summed E-state index contributed by atoms with van der Waals surface area (Å²) in [6, 6.07) is 8.80. The fourth-order valence-electron chi connectivity index (χ4n) is 1.63. The third-order valence-electron chi connectivity index (χ3n) is 2.66. The minimum absolute atomic E-state index is 0.0218. The molecule has 0 aliphatic rings. The van der Waals surface area contributed by atoms with Crippen molar-refractivity contribution < 1.29 is 8.42 Å². The number of pyridine rings is 1. The van der Waals surface area contributed by atoms with Crippen LogP contribution in [0.15, 0.2) is 50.4 Å². The first-order valence-corrected chi connectivity index (χ1v) is 8.86. The first-order valence-electron chi connectivity index (χ1n) is 5.79. The first kappa shape index (κ1) is 16.4. The largest absolute Gasteiger partial charge is 0.307 e. The highest BCUT2D eigenvalue weighted by Crippen LogP contribution is 2.23. The molecule has 0 aliphatic carbocycles.